The fraction of sp³-hybridized carbons (Fsp3) is 0.478. The van der Waals surface area contributed by atoms with E-state index in [0.29, 0.717) is 30.2 Å². The molecule has 4 rings (SSSR count). The van der Waals surface area contributed by atoms with Gasteiger partial charge in [0.2, 0.25) is 5.91 Å². The van der Waals surface area contributed by atoms with Gasteiger partial charge in [-0.1, -0.05) is 24.3 Å². The summed E-state index contributed by atoms with van der Waals surface area (Å²) in [6, 6.07) is 7.90. The summed E-state index contributed by atoms with van der Waals surface area (Å²) < 4.78 is 1.57. The number of amides is 1. The van der Waals surface area contributed by atoms with Gasteiger partial charge in [0.15, 0.2) is 11.5 Å². The van der Waals surface area contributed by atoms with Gasteiger partial charge in [-0.15, -0.1) is 0 Å². The van der Waals surface area contributed by atoms with Crippen LogP contribution < -0.4 is 22.5 Å². The smallest absolute Gasteiger partial charge is 0.328 e. The Bertz CT molecular complexity index is 1140. The number of carbonyl (C=O) groups is 1. The highest BCUT2D eigenvalue weighted by Gasteiger charge is 2.19. The second-order valence-corrected chi connectivity index (χ2v) is 8.88. The average Bonchev–Trinajstić information content (AvgIpc) is 3.12. The normalized spacial score (nSPS) is 16.2. The minimum atomic E-state index is -0.450. The number of anilines is 1. The van der Waals surface area contributed by atoms with E-state index in [1.807, 2.05) is 0 Å². The molecule has 3 aromatic rings. The molecule has 33 heavy (non-hydrogen) atoms. The molecule has 0 bridgehead atoms. The lowest BCUT2D eigenvalue weighted by molar-refractivity contribution is -0.122. The van der Waals surface area contributed by atoms with Crippen molar-refractivity contribution in [3.63, 3.8) is 0 Å². The van der Waals surface area contributed by atoms with Crippen LogP contribution in [0, 0.1) is 5.92 Å². The summed E-state index contributed by atoms with van der Waals surface area (Å²) in [5.41, 5.74) is 14.4. The van der Waals surface area contributed by atoms with Gasteiger partial charge in [0.25, 0.3) is 0 Å². The number of imidazole rings is 1. The van der Waals surface area contributed by atoms with Crippen LogP contribution in [0.3, 0.4) is 0 Å². The van der Waals surface area contributed by atoms with Crippen LogP contribution in [-0.2, 0) is 17.9 Å². The maximum Gasteiger partial charge on any atom is 0.328 e. The van der Waals surface area contributed by atoms with Crippen molar-refractivity contribution in [3.05, 3.63) is 52.2 Å². The minimum absolute atomic E-state index is 0.0807. The highest BCUT2D eigenvalue weighted by molar-refractivity contribution is 5.81. The van der Waals surface area contributed by atoms with E-state index in [9.17, 15) is 9.59 Å². The molecule has 1 aliphatic rings. The predicted octanol–water partition coefficient (Wildman–Crippen LogP) is 0.816. The number of aromatic nitrogens is 4. The van der Waals surface area contributed by atoms with Crippen molar-refractivity contribution in [1.29, 1.82) is 0 Å². The van der Waals surface area contributed by atoms with Crippen LogP contribution in [0.4, 0.5) is 5.82 Å². The number of rotatable bonds is 8. The van der Waals surface area contributed by atoms with Crippen LogP contribution in [0.25, 0.3) is 11.2 Å². The third-order valence-corrected chi connectivity index (χ3v) is 6.33. The van der Waals surface area contributed by atoms with Crippen LogP contribution in [0.2, 0.25) is 0 Å². The number of H-pyrrole nitrogens is 1. The lowest BCUT2D eigenvalue weighted by Gasteiger charge is -2.32. The zero-order valence-corrected chi connectivity index (χ0v) is 19.0. The number of nitrogens with one attached hydrogen (secondary N) is 2. The lowest BCUT2D eigenvalue weighted by Crippen LogP contribution is -2.40. The zero-order valence-electron chi connectivity index (χ0n) is 19.0. The number of nitrogens with zero attached hydrogens (tertiary/aromatic N) is 4. The molecule has 0 saturated carbocycles. The van der Waals surface area contributed by atoms with Crippen molar-refractivity contribution in [2.24, 2.45) is 11.7 Å². The number of likely N-dealkylation sites (tertiary alicyclic amines) is 1. The summed E-state index contributed by atoms with van der Waals surface area (Å²) >= 11 is 0. The molecule has 176 valence electrons. The van der Waals surface area contributed by atoms with Gasteiger partial charge in [-0.3, -0.25) is 14.3 Å². The molecular weight excluding hydrogens is 420 g/mol. The van der Waals surface area contributed by atoms with Crippen molar-refractivity contribution < 1.29 is 4.79 Å². The topological polar surface area (TPSA) is 148 Å². The summed E-state index contributed by atoms with van der Waals surface area (Å²) in [5.74, 6) is 0.831. The van der Waals surface area contributed by atoms with Crippen molar-refractivity contribution in [2.75, 3.05) is 25.4 Å². The number of hydrogen-bond donors (Lipinski definition) is 4. The summed E-state index contributed by atoms with van der Waals surface area (Å²) in [7, 11) is 0. The second-order valence-electron chi connectivity index (χ2n) is 8.88. The third-order valence-electron chi connectivity index (χ3n) is 6.33. The SMILES string of the molecule is C[C@@H](N)C(=O)NCCC1CCN(Cc2ccc(Cn3c(=O)[nH]c4c(N)ncnc43)cc2)CC1. The number of benzene rings is 1. The van der Waals surface area contributed by atoms with Gasteiger partial charge in [0, 0.05) is 13.1 Å². The predicted molar refractivity (Wildman–Crippen MR) is 127 cm³/mol. The largest absolute Gasteiger partial charge is 0.382 e. The molecule has 10 heteroatoms. The second kappa shape index (κ2) is 10.1. The van der Waals surface area contributed by atoms with Gasteiger partial charge in [0.1, 0.15) is 11.8 Å². The van der Waals surface area contributed by atoms with E-state index in [1.54, 1.807) is 11.5 Å². The van der Waals surface area contributed by atoms with E-state index < -0.39 is 6.04 Å². The first-order chi connectivity index (χ1) is 15.9. The fourth-order valence-electron chi connectivity index (χ4n) is 4.32. The molecule has 0 unspecified atom stereocenters. The lowest BCUT2D eigenvalue weighted by atomic mass is 9.93. The monoisotopic (exact) mass is 452 g/mol. The fourth-order valence-corrected chi connectivity index (χ4v) is 4.32. The van der Waals surface area contributed by atoms with Crippen LogP contribution >= 0.6 is 0 Å². The Hall–Kier alpha value is -3.24. The molecule has 1 atom stereocenters. The van der Waals surface area contributed by atoms with Gasteiger partial charge in [-0.25, -0.2) is 14.8 Å². The van der Waals surface area contributed by atoms with Crippen molar-refractivity contribution >= 4 is 22.9 Å². The van der Waals surface area contributed by atoms with E-state index in [0.717, 1.165) is 44.5 Å². The number of nitrogen functional groups attached to an aromatic ring is 1. The van der Waals surface area contributed by atoms with Gasteiger partial charge >= 0.3 is 5.69 Å². The maximum absolute atomic E-state index is 12.3. The molecule has 0 radical (unpaired) electrons. The number of hydrogen-bond acceptors (Lipinski definition) is 7. The standard InChI is InChI=1S/C23H32N8O2/c1-15(24)22(32)26-9-6-16-7-10-30(11-8-16)12-17-2-4-18(5-3-17)13-31-21-19(29-23(31)33)20(25)27-14-28-21/h2-5,14-16H,6-13,24H2,1H3,(H,26,32)(H,29,33)(H2,25,27,28)/t15-/m1/s1. The van der Waals surface area contributed by atoms with Gasteiger partial charge < -0.3 is 21.8 Å². The van der Waals surface area contributed by atoms with E-state index >= 15 is 0 Å². The van der Waals surface area contributed by atoms with E-state index in [2.05, 4.69) is 49.4 Å². The molecule has 1 aliphatic heterocycles. The number of nitrogens with two attached hydrogens (primary N) is 2. The minimum Gasteiger partial charge on any atom is -0.382 e. The molecule has 1 amide bonds. The van der Waals surface area contributed by atoms with Crippen LogP contribution in [0.1, 0.15) is 37.3 Å². The number of piperidine rings is 1. The first kappa shape index (κ1) is 22.9. The molecular formula is C23H32N8O2. The summed E-state index contributed by atoms with van der Waals surface area (Å²) in [4.78, 5) is 37.2. The van der Waals surface area contributed by atoms with Crippen molar-refractivity contribution in [1.82, 2.24) is 29.7 Å². The first-order valence-corrected chi connectivity index (χ1v) is 11.4. The number of fused-ring (bicyclic) bond motifs is 1. The quantitative estimate of drug-likeness (QED) is 0.395. The molecule has 1 fully saturated rings. The summed E-state index contributed by atoms with van der Waals surface area (Å²) in [6.45, 7) is 5.84. The van der Waals surface area contributed by atoms with Crippen LogP contribution in [-0.4, -0.2) is 56.0 Å². The van der Waals surface area contributed by atoms with Crippen LogP contribution in [0.5, 0.6) is 0 Å². The Morgan fingerprint density at radius 3 is 2.52 bits per heavy atom. The molecule has 2 aromatic heterocycles. The van der Waals surface area contributed by atoms with Crippen molar-refractivity contribution in [2.45, 2.75) is 45.3 Å². The third kappa shape index (κ3) is 5.58. The molecule has 1 saturated heterocycles. The Labute approximate surface area is 192 Å². The number of aromatic amines is 1. The Balaban J connectivity index is 1.27. The summed E-state index contributed by atoms with van der Waals surface area (Å²) in [5, 5.41) is 2.90. The van der Waals surface area contributed by atoms with Gasteiger partial charge in [-0.05, 0) is 56.3 Å². The molecule has 0 spiro atoms. The zero-order chi connectivity index (χ0) is 23.4. The van der Waals surface area contributed by atoms with Crippen molar-refractivity contribution in [3.8, 4) is 0 Å². The molecule has 10 nitrogen and oxygen atoms in total. The first-order valence-electron chi connectivity index (χ1n) is 11.4. The Morgan fingerprint density at radius 2 is 1.85 bits per heavy atom. The highest BCUT2D eigenvalue weighted by atomic mass is 16.2. The molecule has 0 aliphatic carbocycles. The highest BCUT2D eigenvalue weighted by Crippen LogP contribution is 2.22. The Kier molecular flexibility index (Phi) is 7.05. The van der Waals surface area contributed by atoms with E-state index in [4.69, 9.17) is 11.5 Å². The Morgan fingerprint density at radius 1 is 1.18 bits per heavy atom. The van der Waals surface area contributed by atoms with E-state index in [1.165, 1.54) is 11.9 Å². The van der Waals surface area contributed by atoms with E-state index in [-0.39, 0.29) is 17.4 Å². The van der Waals surface area contributed by atoms with Gasteiger partial charge in [-0.2, -0.15) is 0 Å². The molecule has 1 aromatic carbocycles. The molecule has 6 N–H and O–H groups in total. The average molecular weight is 453 g/mol. The molecule has 3 heterocycles. The maximum atomic E-state index is 12.3. The summed E-state index contributed by atoms with van der Waals surface area (Å²) in [6.07, 6.45) is 4.65. The van der Waals surface area contributed by atoms with Crippen LogP contribution in [0.15, 0.2) is 35.4 Å². The van der Waals surface area contributed by atoms with Gasteiger partial charge in [0.05, 0.1) is 12.6 Å². The number of carbonyl (C=O) groups excluding carboxylic acids is 1.